The van der Waals surface area contributed by atoms with Crippen LogP contribution in [0.15, 0.2) is 9.52 Å². The molecule has 0 unspecified atom stereocenters. The van der Waals surface area contributed by atoms with Gasteiger partial charge in [0, 0.05) is 44.1 Å². The number of fused-ring (bicyclic) bond motifs is 2. The predicted octanol–water partition coefficient (Wildman–Crippen LogP) is 2.93. The Bertz CT molecular complexity index is 777. The maximum atomic E-state index is 13.5. The molecule has 1 saturated heterocycles. The lowest BCUT2D eigenvalue weighted by molar-refractivity contribution is -0.132. The zero-order valence-corrected chi connectivity index (χ0v) is 16.7. The molecule has 2 saturated carbocycles. The lowest BCUT2D eigenvalue weighted by atomic mass is 9.85. The van der Waals surface area contributed by atoms with Gasteiger partial charge in [0.05, 0.1) is 5.69 Å². The molecule has 3 atom stereocenters. The van der Waals surface area contributed by atoms with E-state index in [1.807, 2.05) is 13.8 Å². The molecule has 2 aliphatic heterocycles. The summed E-state index contributed by atoms with van der Waals surface area (Å²) in [5.74, 6) is 3.90. The molecule has 0 N–H and O–H groups in total. The Morgan fingerprint density at radius 1 is 1.22 bits per heavy atom. The van der Waals surface area contributed by atoms with Crippen molar-refractivity contribution >= 4 is 11.7 Å². The number of amides is 1. The molecule has 3 fully saturated rings. The van der Waals surface area contributed by atoms with E-state index < -0.39 is 5.54 Å². The summed E-state index contributed by atoms with van der Waals surface area (Å²) in [5, 5.41) is 4.09. The van der Waals surface area contributed by atoms with E-state index in [1.165, 1.54) is 18.4 Å². The average Bonchev–Trinajstić information content (AvgIpc) is 3.04. The number of carbonyl (C=O) groups excluding carboxylic acids is 1. The van der Waals surface area contributed by atoms with Crippen LogP contribution in [-0.4, -0.2) is 51.9 Å². The third-order valence-electron chi connectivity index (χ3n) is 7.30. The highest BCUT2D eigenvalue weighted by atomic mass is 16.5. The standard InChI is InChI=1S/C21H30N4O2/c1-4-19-22-21(20(26)25(19)9-15-5-6-15)8-7-16-10-24(12-18(16)21)11-17-13(2)23-27-14(17)3/h15-16,18H,4-12H2,1-3H3/t16-,18+,21-/m1/s1. The van der Waals surface area contributed by atoms with Gasteiger partial charge in [-0.05, 0) is 51.4 Å². The van der Waals surface area contributed by atoms with Crippen LogP contribution in [0.3, 0.4) is 0 Å². The Labute approximate surface area is 161 Å². The van der Waals surface area contributed by atoms with E-state index in [1.54, 1.807) is 0 Å². The van der Waals surface area contributed by atoms with Gasteiger partial charge in [0.1, 0.15) is 17.1 Å². The van der Waals surface area contributed by atoms with Crippen molar-refractivity contribution in [2.45, 2.75) is 65.0 Å². The molecule has 2 aliphatic carbocycles. The lowest BCUT2D eigenvalue weighted by Gasteiger charge is -2.28. The maximum absolute atomic E-state index is 13.5. The summed E-state index contributed by atoms with van der Waals surface area (Å²) < 4.78 is 5.34. The van der Waals surface area contributed by atoms with Gasteiger partial charge in [0.25, 0.3) is 5.91 Å². The van der Waals surface area contributed by atoms with Gasteiger partial charge < -0.3 is 4.52 Å². The topological polar surface area (TPSA) is 61.9 Å². The first-order chi connectivity index (χ1) is 13.0. The fourth-order valence-corrected chi connectivity index (χ4v) is 5.58. The van der Waals surface area contributed by atoms with Gasteiger partial charge in [-0.2, -0.15) is 0 Å². The zero-order valence-electron chi connectivity index (χ0n) is 16.7. The first kappa shape index (κ1) is 17.4. The van der Waals surface area contributed by atoms with Gasteiger partial charge in [-0.3, -0.25) is 19.6 Å². The number of likely N-dealkylation sites (tertiary alicyclic amines) is 1. The molecule has 27 heavy (non-hydrogen) atoms. The van der Waals surface area contributed by atoms with Gasteiger partial charge in [0.15, 0.2) is 0 Å². The van der Waals surface area contributed by atoms with Crippen LogP contribution in [0.1, 0.15) is 56.0 Å². The first-order valence-corrected chi connectivity index (χ1v) is 10.6. The largest absolute Gasteiger partial charge is 0.361 e. The third-order valence-corrected chi connectivity index (χ3v) is 7.30. The predicted molar refractivity (Wildman–Crippen MR) is 102 cm³/mol. The molecule has 3 heterocycles. The number of hydrogen-bond donors (Lipinski definition) is 0. The minimum absolute atomic E-state index is 0.304. The molecule has 0 aromatic carbocycles. The summed E-state index contributed by atoms with van der Waals surface area (Å²) in [5.41, 5.74) is 1.71. The van der Waals surface area contributed by atoms with Crippen molar-refractivity contribution in [3.8, 4) is 0 Å². The second-order valence-corrected chi connectivity index (χ2v) is 9.07. The van der Waals surface area contributed by atoms with Crippen molar-refractivity contribution in [3.63, 3.8) is 0 Å². The van der Waals surface area contributed by atoms with Gasteiger partial charge in [-0.15, -0.1) is 0 Å². The quantitative estimate of drug-likeness (QED) is 0.799. The van der Waals surface area contributed by atoms with Crippen LogP contribution in [-0.2, 0) is 11.3 Å². The summed E-state index contributed by atoms with van der Waals surface area (Å²) in [4.78, 5) is 23.2. The van der Waals surface area contributed by atoms with E-state index in [9.17, 15) is 4.79 Å². The first-order valence-electron chi connectivity index (χ1n) is 10.6. The Morgan fingerprint density at radius 2 is 2.04 bits per heavy atom. The maximum Gasteiger partial charge on any atom is 0.256 e. The summed E-state index contributed by atoms with van der Waals surface area (Å²) in [6, 6.07) is 0. The number of nitrogens with zero attached hydrogens (tertiary/aromatic N) is 4. The molecule has 0 bridgehead atoms. The van der Waals surface area contributed by atoms with Crippen LogP contribution in [0.5, 0.6) is 0 Å². The highest BCUT2D eigenvalue weighted by molar-refractivity contribution is 6.08. The van der Waals surface area contributed by atoms with Crippen molar-refractivity contribution in [1.29, 1.82) is 0 Å². The second kappa shape index (κ2) is 6.16. The number of rotatable bonds is 5. The Hall–Kier alpha value is -1.69. The number of aryl methyl sites for hydroxylation is 2. The van der Waals surface area contributed by atoms with Gasteiger partial charge >= 0.3 is 0 Å². The van der Waals surface area contributed by atoms with E-state index in [-0.39, 0.29) is 0 Å². The minimum atomic E-state index is -0.474. The molecular formula is C21H30N4O2. The van der Waals surface area contributed by atoms with Crippen LogP contribution in [0, 0.1) is 31.6 Å². The monoisotopic (exact) mass is 370 g/mol. The molecule has 0 radical (unpaired) electrons. The van der Waals surface area contributed by atoms with E-state index in [4.69, 9.17) is 9.52 Å². The van der Waals surface area contributed by atoms with Crippen LogP contribution in [0.25, 0.3) is 0 Å². The van der Waals surface area contributed by atoms with Crippen molar-refractivity contribution in [3.05, 3.63) is 17.0 Å². The lowest BCUT2D eigenvalue weighted by Crippen LogP contribution is -2.47. The Kier molecular flexibility index (Phi) is 3.97. The van der Waals surface area contributed by atoms with Crippen molar-refractivity contribution < 1.29 is 9.32 Å². The molecule has 6 heteroatoms. The van der Waals surface area contributed by atoms with Crippen molar-refractivity contribution in [1.82, 2.24) is 15.0 Å². The van der Waals surface area contributed by atoms with Gasteiger partial charge in [0.2, 0.25) is 0 Å². The summed E-state index contributed by atoms with van der Waals surface area (Å²) in [6.45, 7) is 9.92. The SMILES string of the molecule is CCC1=N[C@@]2(CC[C@@H]3CN(Cc4c(C)noc4C)C[C@@H]32)C(=O)N1CC1CC1. The second-order valence-electron chi connectivity index (χ2n) is 9.07. The smallest absolute Gasteiger partial charge is 0.256 e. The highest BCUT2D eigenvalue weighted by Gasteiger charge is 2.61. The fraction of sp³-hybridized carbons (Fsp3) is 0.762. The Balaban J connectivity index is 1.36. The number of amidine groups is 1. The zero-order chi connectivity index (χ0) is 18.8. The van der Waals surface area contributed by atoms with E-state index in [2.05, 4.69) is 21.9 Å². The van der Waals surface area contributed by atoms with Crippen LogP contribution < -0.4 is 0 Å². The normalized spacial score (nSPS) is 33.4. The van der Waals surface area contributed by atoms with Crippen LogP contribution >= 0.6 is 0 Å². The molecule has 1 amide bonds. The molecule has 1 aromatic heterocycles. The molecule has 1 aromatic rings. The van der Waals surface area contributed by atoms with E-state index >= 15 is 0 Å². The van der Waals surface area contributed by atoms with Crippen LogP contribution in [0.2, 0.25) is 0 Å². The third kappa shape index (κ3) is 2.67. The molecule has 5 rings (SSSR count). The summed E-state index contributed by atoms with van der Waals surface area (Å²) in [7, 11) is 0. The van der Waals surface area contributed by atoms with Crippen LogP contribution in [0.4, 0.5) is 0 Å². The molecule has 1 spiro atoms. The van der Waals surface area contributed by atoms with Crippen molar-refractivity contribution in [2.24, 2.45) is 22.7 Å². The number of aliphatic imine (C=N–C) groups is 1. The molecule has 6 nitrogen and oxygen atoms in total. The van der Waals surface area contributed by atoms with Gasteiger partial charge in [-0.25, -0.2) is 0 Å². The average molecular weight is 370 g/mol. The molecular weight excluding hydrogens is 340 g/mol. The number of hydrogen-bond acceptors (Lipinski definition) is 5. The van der Waals surface area contributed by atoms with E-state index in [0.717, 1.165) is 62.7 Å². The number of aromatic nitrogens is 1. The molecule has 4 aliphatic rings. The summed E-state index contributed by atoms with van der Waals surface area (Å²) in [6.07, 6.45) is 5.45. The minimum Gasteiger partial charge on any atom is -0.361 e. The summed E-state index contributed by atoms with van der Waals surface area (Å²) >= 11 is 0. The van der Waals surface area contributed by atoms with E-state index in [0.29, 0.717) is 23.7 Å². The number of carbonyl (C=O) groups is 1. The van der Waals surface area contributed by atoms with Gasteiger partial charge in [-0.1, -0.05) is 12.1 Å². The van der Waals surface area contributed by atoms with Crippen molar-refractivity contribution in [2.75, 3.05) is 19.6 Å². The Morgan fingerprint density at radius 3 is 2.70 bits per heavy atom. The molecule has 146 valence electrons. The highest BCUT2D eigenvalue weighted by Crippen LogP contribution is 2.51. The fourth-order valence-electron chi connectivity index (χ4n) is 5.58.